The summed E-state index contributed by atoms with van der Waals surface area (Å²) in [6, 6.07) is 8.15. The molecule has 0 fully saturated rings. The van der Waals surface area contributed by atoms with Crippen LogP contribution in [-0.2, 0) is 6.54 Å². The van der Waals surface area contributed by atoms with Gasteiger partial charge in [0.25, 0.3) is 0 Å². The Morgan fingerprint density at radius 3 is 2.83 bits per heavy atom. The largest absolute Gasteiger partial charge is 0.508 e. The number of anilines is 1. The van der Waals surface area contributed by atoms with Crippen LogP contribution in [0.4, 0.5) is 5.69 Å². The molecule has 2 N–H and O–H groups in total. The van der Waals surface area contributed by atoms with Gasteiger partial charge in [0.15, 0.2) is 0 Å². The molecule has 0 aliphatic carbocycles. The van der Waals surface area contributed by atoms with Gasteiger partial charge in [0, 0.05) is 18.8 Å². The van der Waals surface area contributed by atoms with Gasteiger partial charge in [-0.2, -0.15) is 0 Å². The zero-order chi connectivity index (χ0) is 13.1. The molecule has 0 saturated heterocycles. The number of rotatable bonds is 4. The van der Waals surface area contributed by atoms with Crippen molar-refractivity contribution in [3.63, 3.8) is 0 Å². The number of phenolic OH excluding ortho intramolecular Hbond substituents is 1. The fourth-order valence-corrected chi connectivity index (χ4v) is 1.69. The highest BCUT2D eigenvalue weighted by molar-refractivity contribution is 5.88. The molecule has 94 valence electrons. The molecule has 0 atom stereocenters. The Morgan fingerprint density at radius 2 is 2.17 bits per heavy atom. The molecule has 0 unspecified atom stereocenters. The maximum atomic E-state index is 10.9. The Bertz CT molecular complexity index is 562. The van der Waals surface area contributed by atoms with Crippen LogP contribution in [0.5, 0.6) is 5.75 Å². The third-order valence-corrected chi connectivity index (χ3v) is 2.63. The molecule has 2 rings (SSSR count). The van der Waals surface area contributed by atoms with Gasteiger partial charge in [-0.05, 0) is 18.2 Å². The molecule has 0 saturated carbocycles. The van der Waals surface area contributed by atoms with Gasteiger partial charge in [0.1, 0.15) is 17.1 Å². The second-order valence-electron chi connectivity index (χ2n) is 3.94. The highest BCUT2D eigenvalue weighted by atomic mass is 16.4. The predicted octanol–water partition coefficient (Wildman–Crippen LogP) is 2.32. The van der Waals surface area contributed by atoms with Gasteiger partial charge in [0.05, 0.1) is 12.8 Å². The van der Waals surface area contributed by atoms with Crippen molar-refractivity contribution in [2.24, 2.45) is 0 Å². The van der Waals surface area contributed by atoms with Crippen LogP contribution in [0.1, 0.15) is 16.1 Å². The van der Waals surface area contributed by atoms with Gasteiger partial charge in [0.2, 0.25) is 0 Å². The molecule has 5 nitrogen and oxygen atoms in total. The number of carboxylic acid groups (broad SMARTS) is 1. The highest BCUT2D eigenvalue weighted by Gasteiger charge is 2.15. The van der Waals surface area contributed by atoms with Gasteiger partial charge in [-0.3, -0.25) is 0 Å². The van der Waals surface area contributed by atoms with E-state index < -0.39 is 5.97 Å². The number of nitrogens with zero attached hydrogens (tertiary/aromatic N) is 1. The number of aromatic carboxylic acids is 1. The second-order valence-corrected chi connectivity index (χ2v) is 3.94. The number of furan rings is 1. The van der Waals surface area contributed by atoms with Crippen LogP contribution in [-0.4, -0.2) is 23.2 Å². The average molecular weight is 247 g/mol. The monoisotopic (exact) mass is 247 g/mol. The summed E-state index contributed by atoms with van der Waals surface area (Å²) in [7, 11) is 1.79. The number of phenols is 1. The van der Waals surface area contributed by atoms with Crippen molar-refractivity contribution >= 4 is 11.7 Å². The summed E-state index contributed by atoms with van der Waals surface area (Å²) < 4.78 is 5.16. The number of benzene rings is 1. The Kier molecular flexibility index (Phi) is 3.23. The van der Waals surface area contributed by atoms with Crippen LogP contribution in [0.25, 0.3) is 0 Å². The summed E-state index contributed by atoms with van der Waals surface area (Å²) in [5.41, 5.74) is 0.935. The molecular weight excluding hydrogens is 234 g/mol. The third-order valence-electron chi connectivity index (χ3n) is 2.63. The summed E-state index contributed by atoms with van der Waals surface area (Å²) in [5.74, 6) is -0.464. The zero-order valence-electron chi connectivity index (χ0n) is 9.83. The van der Waals surface area contributed by atoms with Gasteiger partial charge >= 0.3 is 5.97 Å². The number of carbonyl (C=O) groups is 1. The first-order valence-electron chi connectivity index (χ1n) is 5.38. The minimum atomic E-state index is -1.01. The molecule has 0 bridgehead atoms. The van der Waals surface area contributed by atoms with E-state index in [4.69, 9.17) is 9.52 Å². The lowest BCUT2D eigenvalue weighted by Gasteiger charge is -2.18. The Hall–Kier alpha value is -2.43. The third kappa shape index (κ3) is 2.45. The summed E-state index contributed by atoms with van der Waals surface area (Å²) in [6.07, 6.45) is 1.36. The molecule has 1 aromatic carbocycles. The van der Waals surface area contributed by atoms with Crippen molar-refractivity contribution in [2.75, 3.05) is 11.9 Å². The quantitative estimate of drug-likeness (QED) is 0.867. The number of hydrogen-bond acceptors (Lipinski definition) is 4. The van der Waals surface area contributed by atoms with Gasteiger partial charge in [-0.1, -0.05) is 6.07 Å². The molecule has 1 aromatic heterocycles. The van der Waals surface area contributed by atoms with E-state index in [1.807, 2.05) is 6.07 Å². The van der Waals surface area contributed by atoms with Crippen molar-refractivity contribution in [1.29, 1.82) is 0 Å². The van der Waals surface area contributed by atoms with E-state index in [0.29, 0.717) is 12.3 Å². The second kappa shape index (κ2) is 4.83. The predicted molar refractivity (Wildman–Crippen MR) is 65.9 cm³/mol. The fraction of sp³-hybridized carbons (Fsp3) is 0.154. The van der Waals surface area contributed by atoms with Crippen molar-refractivity contribution in [3.05, 3.63) is 47.9 Å². The fourth-order valence-electron chi connectivity index (χ4n) is 1.69. The standard InChI is InChI=1S/C13H13NO4/c1-14(9-3-2-4-10(15)7-9)8-12-11(13(16)17)5-6-18-12/h2-7,15H,8H2,1H3,(H,16,17). The van der Waals surface area contributed by atoms with Crippen LogP contribution >= 0.6 is 0 Å². The lowest BCUT2D eigenvalue weighted by molar-refractivity contribution is 0.0694. The van der Waals surface area contributed by atoms with E-state index in [-0.39, 0.29) is 11.3 Å². The van der Waals surface area contributed by atoms with Crippen LogP contribution < -0.4 is 4.90 Å². The highest BCUT2D eigenvalue weighted by Crippen LogP contribution is 2.22. The van der Waals surface area contributed by atoms with Crippen molar-refractivity contribution in [1.82, 2.24) is 0 Å². The number of carboxylic acids is 1. The lowest BCUT2D eigenvalue weighted by atomic mass is 10.2. The molecule has 0 spiro atoms. The molecule has 0 aliphatic rings. The van der Waals surface area contributed by atoms with Crippen LogP contribution in [0.3, 0.4) is 0 Å². The van der Waals surface area contributed by atoms with Crippen LogP contribution in [0, 0.1) is 0 Å². The first-order valence-corrected chi connectivity index (χ1v) is 5.38. The van der Waals surface area contributed by atoms with Crippen molar-refractivity contribution in [3.8, 4) is 5.75 Å². The molecule has 0 aliphatic heterocycles. The maximum Gasteiger partial charge on any atom is 0.339 e. The van der Waals surface area contributed by atoms with Crippen molar-refractivity contribution < 1.29 is 19.4 Å². The zero-order valence-corrected chi connectivity index (χ0v) is 9.83. The normalized spacial score (nSPS) is 10.3. The molecule has 1 heterocycles. The molecule has 2 aromatic rings. The van der Waals surface area contributed by atoms with E-state index in [0.717, 1.165) is 5.69 Å². The SMILES string of the molecule is CN(Cc1occc1C(=O)O)c1cccc(O)c1. The van der Waals surface area contributed by atoms with Gasteiger partial charge < -0.3 is 19.5 Å². The van der Waals surface area contributed by atoms with E-state index in [9.17, 15) is 9.90 Å². The Balaban J connectivity index is 2.18. The maximum absolute atomic E-state index is 10.9. The van der Waals surface area contributed by atoms with E-state index >= 15 is 0 Å². The minimum Gasteiger partial charge on any atom is -0.508 e. The number of aromatic hydroxyl groups is 1. The van der Waals surface area contributed by atoms with Gasteiger partial charge in [-0.25, -0.2) is 4.79 Å². The first kappa shape index (κ1) is 12.0. The molecule has 18 heavy (non-hydrogen) atoms. The summed E-state index contributed by atoms with van der Waals surface area (Å²) in [4.78, 5) is 12.7. The smallest absolute Gasteiger partial charge is 0.339 e. The number of hydrogen-bond donors (Lipinski definition) is 2. The van der Waals surface area contributed by atoms with Crippen molar-refractivity contribution in [2.45, 2.75) is 6.54 Å². The minimum absolute atomic E-state index is 0.155. The van der Waals surface area contributed by atoms with Gasteiger partial charge in [-0.15, -0.1) is 0 Å². The van der Waals surface area contributed by atoms with Crippen LogP contribution in [0.2, 0.25) is 0 Å². The molecule has 5 heteroatoms. The van der Waals surface area contributed by atoms with E-state index in [1.165, 1.54) is 12.3 Å². The molecular formula is C13H13NO4. The summed E-state index contributed by atoms with van der Waals surface area (Å²) >= 11 is 0. The Morgan fingerprint density at radius 1 is 1.39 bits per heavy atom. The Labute approximate surface area is 104 Å². The van der Waals surface area contributed by atoms with E-state index in [1.54, 1.807) is 30.1 Å². The lowest BCUT2D eigenvalue weighted by Crippen LogP contribution is -2.17. The average Bonchev–Trinajstić information content (AvgIpc) is 2.77. The summed E-state index contributed by atoms with van der Waals surface area (Å²) in [6.45, 7) is 0.318. The summed E-state index contributed by atoms with van der Waals surface area (Å²) in [5, 5.41) is 18.4. The first-order chi connectivity index (χ1) is 8.58. The van der Waals surface area contributed by atoms with Crippen LogP contribution in [0.15, 0.2) is 41.0 Å². The topological polar surface area (TPSA) is 73.9 Å². The molecule has 0 radical (unpaired) electrons. The molecule has 0 amide bonds. The van der Waals surface area contributed by atoms with E-state index in [2.05, 4.69) is 0 Å².